The Bertz CT molecular complexity index is 561. The van der Waals surface area contributed by atoms with Gasteiger partial charge < -0.3 is 0 Å². The molecule has 0 atom stereocenters. The molecule has 2 rings (SSSR count). The Balaban J connectivity index is 2.61. The lowest BCUT2D eigenvalue weighted by atomic mass is 10.2. The highest BCUT2D eigenvalue weighted by Gasteiger charge is 2.14. The fourth-order valence-corrected chi connectivity index (χ4v) is 1.21. The first-order valence-electron chi connectivity index (χ1n) is 4.41. The Morgan fingerprint density at radius 1 is 1.06 bits per heavy atom. The third-order valence-electron chi connectivity index (χ3n) is 1.95. The summed E-state index contributed by atoms with van der Waals surface area (Å²) in [5.74, 6) is -2.64. The predicted octanol–water partition coefficient (Wildman–Crippen LogP) is 2.29. The van der Waals surface area contributed by atoms with Crippen molar-refractivity contribution in [2.24, 2.45) is 0 Å². The van der Waals surface area contributed by atoms with Crippen LogP contribution in [-0.4, -0.2) is 9.97 Å². The van der Waals surface area contributed by atoms with E-state index in [9.17, 15) is 8.78 Å². The van der Waals surface area contributed by atoms with E-state index < -0.39 is 17.5 Å². The standard InChI is InChI=1S/C11H5F2N3/c12-9-8(6-14)15-11(16-10(9)13)7-4-2-1-3-5-7/h1-5H. The molecule has 78 valence electrons. The molecule has 3 nitrogen and oxygen atoms in total. The summed E-state index contributed by atoms with van der Waals surface area (Å²) in [6, 6.07) is 9.97. The molecule has 0 N–H and O–H groups in total. The molecule has 0 radical (unpaired) electrons. The molecule has 0 unspecified atom stereocenters. The first kappa shape index (κ1) is 10.2. The molecule has 1 aromatic heterocycles. The van der Waals surface area contributed by atoms with E-state index in [2.05, 4.69) is 9.97 Å². The molecule has 1 heterocycles. The summed E-state index contributed by atoms with van der Waals surface area (Å²) in [6.45, 7) is 0. The highest BCUT2D eigenvalue weighted by Crippen LogP contribution is 2.16. The van der Waals surface area contributed by atoms with Crippen LogP contribution < -0.4 is 0 Å². The van der Waals surface area contributed by atoms with E-state index >= 15 is 0 Å². The maximum atomic E-state index is 13.0. The van der Waals surface area contributed by atoms with Crippen LogP contribution in [0.25, 0.3) is 11.4 Å². The van der Waals surface area contributed by atoms with Gasteiger partial charge >= 0.3 is 0 Å². The quantitative estimate of drug-likeness (QED) is 0.688. The number of rotatable bonds is 1. The molecule has 0 spiro atoms. The number of nitriles is 1. The molecule has 0 bridgehead atoms. The fraction of sp³-hybridized carbons (Fsp3) is 0. The molecule has 0 aliphatic rings. The van der Waals surface area contributed by atoms with Crippen LogP contribution in [-0.2, 0) is 0 Å². The van der Waals surface area contributed by atoms with Crippen molar-refractivity contribution in [2.75, 3.05) is 0 Å². The first-order valence-corrected chi connectivity index (χ1v) is 4.41. The minimum atomic E-state index is -1.32. The molecule has 0 amide bonds. The minimum Gasteiger partial charge on any atom is -0.214 e. The van der Waals surface area contributed by atoms with Crippen LogP contribution in [0.1, 0.15) is 5.69 Å². The molecule has 1 aromatic carbocycles. The predicted molar refractivity (Wildman–Crippen MR) is 52.1 cm³/mol. The van der Waals surface area contributed by atoms with Crippen LogP contribution in [0.15, 0.2) is 30.3 Å². The fourth-order valence-electron chi connectivity index (χ4n) is 1.21. The van der Waals surface area contributed by atoms with Gasteiger partial charge in [-0.15, -0.1) is 0 Å². The Hall–Kier alpha value is -2.35. The van der Waals surface area contributed by atoms with Crippen molar-refractivity contribution in [2.45, 2.75) is 0 Å². The molecule has 0 saturated heterocycles. The average Bonchev–Trinajstić information content (AvgIpc) is 2.33. The van der Waals surface area contributed by atoms with E-state index in [0.29, 0.717) is 5.56 Å². The Morgan fingerprint density at radius 2 is 1.75 bits per heavy atom. The average molecular weight is 217 g/mol. The van der Waals surface area contributed by atoms with Gasteiger partial charge in [-0.25, -0.2) is 4.98 Å². The molecule has 0 fully saturated rings. The van der Waals surface area contributed by atoms with Crippen molar-refractivity contribution in [3.05, 3.63) is 47.8 Å². The zero-order valence-corrected chi connectivity index (χ0v) is 7.98. The van der Waals surface area contributed by atoms with E-state index in [-0.39, 0.29) is 5.82 Å². The van der Waals surface area contributed by atoms with Gasteiger partial charge in [0.25, 0.3) is 5.95 Å². The molecule has 0 aliphatic carbocycles. The lowest BCUT2D eigenvalue weighted by molar-refractivity contribution is 0.472. The smallest absolute Gasteiger partial charge is 0.214 e. The number of benzene rings is 1. The van der Waals surface area contributed by atoms with Crippen molar-refractivity contribution >= 4 is 0 Å². The van der Waals surface area contributed by atoms with E-state index in [0.717, 1.165) is 0 Å². The Morgan fingerprint density at radius 3 is 2.38 bits per heavy atom. The van der Waals surface area contributed by atoms with E-state index in [4.69, 9.17) is 5.26 Å². The highest BCUT2D eigenvalue weighted by molar-refractivity contribution is 5.54. The summed E-state index contributed by atoms with van der Waals surface area (Å²) < 4.78 is 26.0. The van der Waals surface area contributed by atoms with Crippen LogP contribution >= 0.6 is 0 Å². The second kappa shape index (κ2) is 4.03. The van der Waals surface area contributed by atoms with Crippen LogP contribution in [0, 0.1) is 23.1 Å². The number of hydrogen-bond acceptors (Lipinski definition) is 3. The summed E-state index contributed by atoms with van der Waals surface area (Å²) >= 11 is 0. The van der Waals surface area contributed by atoms with Gasteiger partial charge in [-0.2, -0.15) is 19.0 Å². The summed E-state index contributed by atoms with van der Waals surface area (Å²) in [4.78, 5) is 6.98. The maximum absolute atomic E-state index is 13.0. The Kier molecular flexibility index (Phi) is 2.56. The number of aromatic nitrogens is 2. The molecule has 16 heavy (non-hydrogen) atoms. The van der Waals surface area contributed by atoms with Crippen LogP contribution in [0.5, 0.6) is 0 Å². The highest BCUT2D eigenvalue weighted by atomic mass is 19.2. The monoisotopic (exact) mass is 217 g/mol. The molecule has 0 saturated carbocycles. The first-order chi connectivity index (χ1) is 7.72. The van der Waals surface area contributed by atoms with Crippen molar-refractivity contribution in [3.8, 4) is 17.5 Å². The van der Waals surface area contributed by atoms with Crippen LogP contribution in [0.4, 0.5) is 8.78 Å². The van der Waals surface area contributed by atoms with Crippen molar-refractivity contribution in [1.29, 1.82) is 5.26 Å². The van der Waals surface area contributed by atoms with E-state index in [1.54, 1.807) is 30.3 Å². The largest absolute Gasteiger partial charge is 0.254 e. The molecular weight excluding hydrogens is 212 g/mol. The number of hydrogen-bond donors (Lipinski definition) is 0. The van der Waals surface area contributed by atoms with Gasteiger partial charge in [0.05, 0.1) is 0 Å². The molecule has 0 aliphatic heterocycles. The van der Waals surface area contributed by atoms with Gasteiger partial charge in [0, 0.05) is 5.56 Å². The van der Waals surface area contributed by atoms with Gasteiger partial charge in [-0.1, -0.05) is 30.3 Å². The summed E-state index contributed by atoms with van der Waals surface area (Å²) in [6.07, 6.45) is 0. The maximum Gasteiger partial charge on any atom is 0.254 e. The second-order valence-electron chi connectivity index (χ2n) is 2.98. The van der Waals surface area contributed by atoms with Gasteiger partial charge in [0.1, 0.15) is 6.07 Å². The van der Waals surface area contributed by atoms with Crippen LogP contribution in [0.3, 0.4) is 0 Å². The third kappa shape index (κ3) is 1.73. The van der Waals surface area contributed by atoms with Gasteiger partial charge in [-0.05, 0) is 0 Å². The number of nitrogens with zero attached hydrogens (tertiary/aromatic N) is 3. The second-order valence-corrected chi connectivity index (χ2v) is 2.98. The minimum absolute atomic E-state index is 0.00366. The molecule has 5 heteroatoms. The number of halogens is 2. The van der Waals surface area contributed by atoms with Crippen molar-refractivity contribution in [3.63, 3.8) is 0 Å². The van der Waals surface area contributed by atoms with Crippen molar-refractivity contribution in [1.82, 2.24) is 9.97 Å². The summed E-state index contributed by atoms with van der Waals surface area (Å²) in [5, 5.41) is 8.57. The summed E-state index contributed by atoms with van der Waals surface area (Å²) in [7, 11) is 0. The van der Waals surface area contributed by atoms with E-state index in [1.807, 2.05) is 0 Å². The van der Waals surface area contributed by atoms with Gasteiger partial charge in [0.15, 0.2) is 11.5 Å². The van der Waals surface area contributed by atoms with Gasteiger partial charge in [0.2, 0.25) is 5.82 Å². The third-order valence-corrected chi connectivity index (χ3v) is 1.95. The molecular formula is C11H5F2N3. The van der Waals surface area contributed by atoms with Crippen LogP contribution in [0.2, 0.25) is 0 Å². The topological polar surface area (TPSA) is 49.6 Å². The SMILES string of the molecule is N#Cc1nc(-c2ccccc2)nc(F)c1F. The lowest BCUT2D eigenvalue weighted by Gasteiger charge is -2.01. The zero-order valence-electron chi connectivity index (χ0n) is 7.98. The van der Waals surface area contributed by atoms with Gasteiger partial charge in [-0.3, -0.25) is 0 Å². The normalized spacial score (nSPS) is 9.81. The molecule has 2 aromatic rings. The van der Waals surface area contributed by atoms with Crippen molar-refractivity contribution < 1.29 is 8.78 Å². The Labute approximate surface area is 90.0 Å². The zero-order chi connectivity index (χ0) is 11.5. The lowest BCUT2D eigenvalue weighted by Crippen LogP contribution is -2.01. The summed E-state index contributed by atoms with van der Waals surface area (Å²) in [5.41, 5.74) is -0.0655. The van der Waals surface area contributed by atoms with E-state index in [1.165, 1.54) is 6.07 Å².